The molecule has 0 radical (unpaired) electrons. The van der Waals surface area contributed by atoms with Crippen molar-refractivity contribution in [2.24, 2.45) is 0 Å². The summed E-state index contributed by atoms with van der Waals surface area (Å²) >= 11 is 3.52. The Bertz CT molecular complexity index is 196. The highest BCUT2D eigenvalue weighted by Crippen LogP contribution is 2.24. The molecule has 0 saturated carbocycles. The third-order valence-electron chi connectivity index (χ3n) is 3.72. The maximum Gasteiger partial charge on any atom is 0.0634 e. The van der Waals surface area contributed by atoms with Crippen molar-refractivity contribution in [2.75, 3.05) is 25.5 Å². The summed E-state index contributed by atoms with van der Waals surface area (Å²) in [5.41, 5.74) is 0.0303. The monoisotopic (exact) mass is 291 g/mol. The molecule has 0 spiro atoms. The number of ether oxygens (including phenoxy) is 1. The summed E-state index contributed by atoms with van der Waals surface area (Å²) in [5, 5.41) is 1.14. The quantitative estimate of drug-likeness (QED) is 0.666. The normalized spacial score (nSPS) is 22.9. The summed E-state index contributed by atoms with van der Waals surface area (Å²) in [5.74, 6) is 0. The SMILES string of the molecule is COC(C)(C)CCN1CCCC1CCCBr. The van der Waals surface area contributed by atoms with E-state index >= 15 is 0 Å². The van der Waals surface area contributed by atoms with E-state index in [0.717, 1.165) is 17.8 Å². The van der Waals surface area contributed by atoms with Crippen molar-refractivity contribution in [3.8, 4) is 0 Å². The van der Waals surface area contributed by atoms with E-state index in [4.69, 9.17) is 4.74 Å². The molecule has 1 fully saturated rings. The molecular formula is C13H26BrNO. The largest absolute Gasteiger partial charge is 0.379 e. The van der Waals surface area contributed by atoms with E-state index in [9.17, 15) is 0 Å². The van der Waals surface area contributed by atoms with Crippen LogP contribution in [0.4, 0.5) is 0 Å². The molecule has 1 atom stereocenters. The van der Waals surface area contributed by atoms with Gasteiger partial charge < -0.3 is 9.64 Å². The van der Waals surface area contributed by atoms with Gasteiger partial charge >= 0.3 is 0 Å². The molecule has 96 valence electrons. The standard InChI is InChI=1S/C13H26BrNO/c1-13(2,16-3)8-11-15-10-5-7-12(15)6-4-9-14/h12H,4-11H2,1-3H3. The first-order chi connectivity index (χ1) is 7.59. The van der Waals surface area contributed by atoms with Crippen LogP contribution in [0.25, 0.3) is 0 Å². The molecule has 1 aliphatic heterocycles. The number of methoxy groups -OCH3 is 1. The van der Waals surface area contributed by atoms with Gasteiger partial charge in [0, 0.05) is 25.0 Å². The molecule has 2 nitrogen and oxygen atoms in total. The van der Waals surface area contributed by atoms with Gasteiger partial charge in [-0.1, -0.05) is 15.9 Å². The van der Waals surface area contributed by atoms with E-state index in [0.29, 0.717) is 0 Å². The fourth-order valence-electron chi connectivity index (χ4n) is 2.34. The van der Waals surface area contributed by atoms with Crippen molar-refractivity contribution >= 4 is 15.9 Å². The second-order valence-electron chi connectivity index (χ2n) is 5.38. The molecular weight excluding hydrogens is 266 g/mol. The first-order valence-electron chi connectivity index (χ1n) is 6.44. The molecule has 1 heterocycles. The first kappa shape index (κ1) is 14.5. The Kier molecular flexibility index (Phi) is 6.30. The van der Waals surface area contributed by atoms with Gasteiger partial charge in [-0.3, -0.25) is 0 Å². The van der Waals surface area contributed by atoms with E-state index in [1.165, 1.54) is 38.8 Å². The highest BCUT2D eigenvalue weighted by atomic mass is 79.9. The summed E-state index contributed by atoms with van der Waals surface area (Å²) < 4.78 is 5.48. The van der Waals surface area contributed by atoms with Crippen LogP contribution < -0.4 is 0 Å². The summed E-state index contributed by atoms with van der Waals surface area (Å²) in [4.78, 5) is 2.66. The van der Waals surface area contributed by atoms with Crippen LogP contribution in [0.5, 0.6) is 0 Å². The summed E-state index contributed by atoms with van der Waals surface area (Å²) in [7, 11) is 1.81. The van der Waals surface area contributed by atoms with Crippen LogP contribution >= 0.6 is 15.9 Å². The number of halogens is 1. The van der Waals surface area contributed by atoms with Gasteiger partial charge in [0.05, 0.1) is 5.60 Å². The maximum atomic E-state index is 5.48. The first-order valence-corrected chi connectivity index (χ1v) is 7.56. The molecule has 16 heavy (non-hydrogen) atoms. The minimum Gasteiger partial charge on any atom is -0.379 e. The Morgan fingerprint density at radius 2 is 2.19 bits per heavy atom. The minimum atomic E-state index is 0.0303. The molecule has 0 aromatic carbocycles. The van der Waals surface area contributed by atoms with Gasteiger partial charge in [0.15, 0.2) is 0 Å². The topological polar surface area (TPSA) is 12.5 Å². The van der Waals surface area contributed by atoms with E-state index in [1.807, 2.05) is 7.11 Å². The molecule has 0 N–H and O–H groups in total. The Morgan fingerprint density at radius 3 is 2.81 bits per heavy atom. The van der Waals surface area contributed by atoms with Crippen LogP contribution in [0.2, 0.25) is 0 Å². The van der Waals surface area contributed by atoms with E-state index in [2.05, 4.69) is 34.7 Å². The number of hydrogen-bond donors (Lipinski definition) is 0. The van der Waals surface area contributed by atoms with Crippen molar-refractivity contribution < 1.29 is 4.74 Å². The molecule has 0 amide bonds. The van der Waals surface area contributed by atoms with Gasteiger partial charge in [-0.2, -0.15) is 0 Å². The van der Waals surface area contributed by atoms with Crippen LogP contribution in [-0.2, 0) is 4.74 Å². The van der Waals surface area contributed by atoms with E-state index in [1.54, 1.807) is 0 Å². The van der Waals surface area contributed by atoms with E-state index in [-0.39, 0.29) is 5.60 Å². The minimum absolute atomic E-state index is 0.0303. The van der Waals surface area contributed by atoms with Gasteiger partial charge in [-0.15, -0.1) is 0 Å². The van der Waals surface area contributed by atoms with Gasteiger partial charge in [0.25, 0.3) is 0 Å². The number of alkyl halides is 1. The van der Waals surface area contributed by atoms with Crippen molar-refractivity contribution in [3.05, 3.63) is 0 Å². The van der Waals surface area contributed by atoms with Gasteiger partial charge in [0.2, 0.25) is 0 Å². The van der Waals surface area contributed by atoms with Crippen molar-refractivity contribution in [1.29, 1.82) is 0 Å². The van der Waals surface area contributed by atoms with Crippen molar-refractivity contribution in [3.63, 3.8) is 0 Å². The predicted molar refractivity (Wildman–Crippen MR) is 73.3 cm³/mol. The van der Waals surface area contributed by atoms with Gasteiger partial charge in [-0.05, 0) is 52.5 Å². The Hall–Kier alpha value is 0.400. The highest BCUT2D eigenvalue weighted by molar-refractivity contribution is 9.09. The number of likely N-dealkylation sites (tertiary alicyclic amines) is 1. The number of nitrogens with zero attached hydrogens (tertiary/aromatic N) is 1. The molecule has 0 aromatic rings. The average molecular weight is 292 g/mol. The fraction of sp³-hybridized carbons (Fsp3) is 1.00. The number of rotatable bonds is 7. The van der Waals surface area contributed by atoms with Crippen LogP contribution in [-0.4, -0.2) is 42.1 Å². The zero-order valence-electron chi connectivity index (χ0n) is 11.0. The molecule has 1 aliphatic rings. The Morgan fingerprint density at radius 1 is 1.44 bits per heavy atom. The third-order valence-corrected chi connectivity index (χ3v) is 4.28. The Labute approximate surface area is 109 Å². The maximum absolute atomic E-state index is 5.48. The smallest absolute Gasteiger partial charge is 0.0634 e. The third kappa shape index (κ3) is 4.72. The molecule has 1 rings (SSSR count). The molecule has 1 unspecified atom stereocenters. The van der Waals surface area contributed by atoms with Crippen LogP contribution in [0.3, 0.4) is 0 Å². The molecule has 0 aliphatic carbocycles. The van der Waals surface area contributed by atoms with Gasteiger partial charge in [0.1, 0.15) is 0 Å². The summed E-state index contributed by atoms with van der Waals surface area (Å²) in [6, 6.07) is 0.824. The lowest BCUT2D eigenvalue weighted by Gasteiger charge is -2.29. The average Bonchev–Trinajstić information content (AvgIpc) is 2.71. The lowest BCUT2D eigenvalue weighted by Crippen LogP contribution is -2.35. The van der Waals surface area contributed by atoms with Crippen molar-refractivity contribution in [1.82, 2.24) is 4.90 Å². The van der Waals surface area contributed by atoms with Crippen LogP contribution in [0.1, 0.15) is 46.0 Å². The highest BCUT2D eigenvalue weighted by Gasteiger charge is 2.26. The fourth-order valence-corrected chi connectivity index (χ4v) is 2.67. The predicted octanol–water partition coefficient (Wildman–Crippen LogP) is 3.44. The molecule has 0 aromatic heterocycles. The van der Waals surface area contributed by atoms with Gasteiger partial charge in [-0.25, -0.2) is 0 Å². The zero-order valence-corrected chi connectivity index (χ0v) is 12.6. The second-order valence-corrected chi connectivity index (χ2v) is 6.17. The number of hydrogen-bond acceptors (Lipinski definition) is 2. The molecule has 3 heteroatoms. The molecule has 0 bridgehead atoms. The second kappa shape index (κ2) is 6.97. The summed E-state index contributed by atoms with van der Waals surface area (Å²) in [6.07, 6.45) is 6.54. The summed E-state index contributed by atoms with van der Waals surface area (Å²) in [6.45, 7) is 6.83. The van der Waals surface area contributed by atoms with E-state index < -0.39 is 0 Å². The Balaban J connectivity index is 2.29. The van der Waals surface area contributed by atoms with Crippen LogP contribution in [0, 0.1) is 0 Å². The lowest BCUT2D eigenvalue weighted by molar-refractivity contribution is 0.00627. The molecule has 1 saturated heterocycles. The van der Waals surface area contributed by atoms with Crippen LogP contribution in [0.15, 0.2) is 0 Å². The van der Waals surface area contributed by atoms with Crippen molar-refractivity contribution in [2.45, 2.75) is 57.6 Å². The lowest BCUT2D eigenvalue weighted by atomic mass is 10.0. The zero-order chi connectivity index (χ0) is 12.0.